The second-order valence-electron chi connectivity index (χ2n) is 5.80. The molecule has 0 fully saturated rings. The Labute approximate surface area is 117 Å². The Morgan fingerprint density at radius 3 is 2.85 bits per heavy atom. The molecule has 1 aromatic carbocycles. The highest BCUT2D eigenvalue weighted by Crippen LogP contribution is 2.39. The molecule has 0 aliphatic carbocycles. The first-order valence-electron chi connectivity index (χ1n) is 6.64. The van der Waals surface area contributed by atoms with Gasteiger partial charge in [0, 0.05) is 17.3 Å². The third kappa shape index (κ3) is 2.07. The highest BCUT2D eigenvalue weighted by molar-refractivity contribution is 5.61. The highest BCUT2D eigenvalue weighted by Gasteiger charge is 2.35. The Bertz CT molecular complexity index is 703. The molecule has 1 aromatic heterocycles. The fraction of sp³-hybridized carbons (Fsp3) is 0.312. The number of anilines is 1. The average molecular weight is 271 g/mol. The molecule has 3 rings (SSSR count). The predicted octanol–water partition coefficient (Wildman–Crippen LogP) is 2.69. The Morgan fingerprint density at radius 2 is 2.10 bits per heavy atom. The van der Waals surface area contributed by atoms with Crippen molar-refractivity contribution in [1.29, 1.82) is 0 Å². The minimum Gasteiger partial charge on any atom is -0.502 e. The summed E-state index contributed by atoms with van der Waals surface area (Å²) in [6.45, 7) is 4.86. The second-order valence-corrected chi connectivity index (χ2v) is 5.80. The molecule has 1 aliphatic heterocycles. The molecule has 0 radical (unpaired) electrons. The van der Waals surface area contributed by atoms with Gasteiger partial charge in [-0.15, -0.1) is 0 Å². The van der Waals surface area contributed by atoms with E-state index in [1.807, 2.05) is 12.1 Å². The third-order valence-corrected chi connectivity index (χ3v) is 3.82. The van der Waals surface area contributed by atoms with Gasteiger partial charge in [-0.25, -0.2) is 0 Å². The van der Waals surface area contributed by atoms with Crippen molar-refractivity contribution in [1.82, 2.24) is 0 Å². The summed E-state index contributed by atoms with van der Waals surface area (Å²) >= 11 is 0. The predicted molar refractivity (Wildman–Crippen MR) is 77.1 cm³/mol. The molecule has 104 valence electrons. The van der Waals surface area contributed by atoms with Crippen molar-refractivity contribution in [2.45, 2.75) is 32.4 Å². The van der Waals surface area contributed by atoms with E-state index in [9.17, 15) is 9.90 Å². The summed E-state index contributed by atoms with van der Waals surface area (Å²) in [6, 6.07) is 9.62. The maximum Gasteiger partial charge on any atom is 0.226 e. The van der Waals surface area contributed by atoms with Crippen LogP contribution in [0.4, 0.5) is 5.69 Å². The third-order valence-electron chi connectivity index (χ3n) is 3.82. The molecule has 2 heterocycles. The molecular formula is C16H17NO3. The number of benzene rings is 1. The van der Waals surface area contributed by atoms with Gasteiger partial charge in [0.15, 0.2) is 5.75 Å². The molecule has 0 atom stereocenters. The molecule has 0 unspecified atom stereocenters. The van der Waals surface area contributed by atoms with Gasteiger partial charge in [-0.2, -0.15) is 0 Å². The van der Waals surface area contributed by atoms with Crippen molar-refractivity contribution in [3.63, 3.8) is 0 Å². The van der Waals surface area contributed by atoms with Gasteiger partial charge in [-0.3, -0.25) is 4.79 Å². The number of fused-ring (bicyclic) bond motifs is 1. The maximum atomic E-state index is 11.5. The smallest absolute Gasteiger partial charge is 0.226 e. The Hall–Kier alpha value is -2.23. The van der Waals surface area contributed by atoms with Gasteiger partial charge >= 0.3 is 0 Å². The minimum absolute atomic E-state index is 0.0276. The first kappa shape index (κ1) is 12.8. The van der Waals surface area contributed by atoms with Crippen molar-refractivity contribution in [2.75, 3.05) is 4.90 Å². The van der Waals surface area contributed by atoms with E-state index in [2.05, 4.69) is 30.9 Å². The SMILES string of the molecule is CC1(C)Cc2ccccc2N1Cc1cc(=O)c(O)co1. The first-order valence-corrected chi connectivity index (χ1v) is 6.64. The zero-order valence-corrected chi connectivity index (χ0v) is 11.6. The second kappa shape index (κ2) is 4.40. The first-order chi connectivity index (χ1) is 9.47. The summed E-state index contributed by atoms with van der Waals surface area (Å²) in [5, 5.41) is 9.25. The van der Waals surface area contributed by atoms with Gasteiger partial charge in [0.05, 0.1) is 6.54 Å². The van der Waals surface area contributed by atoms with E-state index >= 15 is 0 Å². The number of para-hydroxylation sites is 1. The Kier molecular flexibility index (Phi) is 2.82. The molecule has 20 heavy (non-hydrogen) atoms. The van der Waals surface area contributed by atoms with Crippen LogP contribution in [-0.4, -0.2) is 10.6 Å². The van der Waals surface area contributed by atoms with Crippen LogP contribution in [0, 0.1) is 0 Å². The van der Waals surface area contributed by atoms with Crippen molar-refractivity contribution in [3.8, 4) is 5.75 Å². The molecule has 1 aliphatic rings. The summed E-state index contributed by atoms with van der Waals surface area (Å²) in [5.41, 5.74) is 2.04. The fourth-order valence-corrected chi connectivity index (χ4v) is 2.79. The van der Waals surface area contributed by atoms with Crippen LogP contribution < -0.4 is 10.3 Å². The molecule has 0 bridgehead atoms. The van der Waals surface area contributed by atoms with E-state index in [0.29, 0.717) is 12.3 Å². The van der Waals surface area contributed by atoms with Crippen LogP contribution in [0.2, 0.25) is 0 Å². The fourth-order valence-electron chi connectivity index (χ4n) is 2.79. The van der Waals surface area contributed by atoms with E-state index in [1.54, 1.807) is 0 Å². The number of aromatic hydroxyl groups is 1. The van der Waals surface area contributed by atoms with Crippen molar-refractivity contribution in [2.24, 2.45) is 0 Å². The Morgan fingerprint density at radius 1 is 1.35 bits per heavy atom. The van der Waals surface area contributed by atoms with Crippen LogP contribution in [0.5, 0.6) is 5.75 Å². The zero-order chi connectivity index (χ0) is 14.3. The molecule has 0 amide bonds. The van der Waals surface area contributed by atoms with Gasteiger partial charge in [-0.1, -0.05) is 18.2 Å². The molecule has 4 heteroatoms. The number of rotatable bonds is 2. The van der Waals surface area contributed by atoms with Crippen molar-refractivity contribution < 1.29 is 9.52 Å². The van der Waals surface area contributed by atoms with Crippen LogP contribution in [0.1, 0.15) is 25.2 Å². The monoisotopic (exact) mass is 271 g/mol. The largest absolute Gasteiger partial charge is 0.502 e. The molecule has 1 N–H and O–H groups in total. The van der Waals surface area contributed by atoms with E-state index in [1.165, 1.54) is 17.3 Å². The summed E-state index contributed by atoms with van der Waals surface area (Å²) in [4.78, 5) is 13.7. The van der Waals surface area contributed by atoms with Crippen LogP contribution in [0.3, 0.4) is 0 Å². The van der Waals surface area contributed by atoms with Crippen molar-refractivity contribution >= 4 is 5.69 Å². The lowest BCUT2D eigenvalue weighted by Crippen LogP contribution is -2.40. The normalized spacial score (nSPS) is 16.2. The van der Waals surface area contributed by atoms with E-state index in [4.69, 9.17) is 4.42 Å². The topological polar surface area (TPSA) is 53.7 Å². The zero-order valence-electron chi connectivity index (χ0n) is 11.6. The average Bonchev–Trinajstić information content (AvgIpc) is 2.65. The van der Waals surface area contributed by atoms with E-state index in [0.717, 1.165) is 12.7 Å². The lowest BCUT2D eigenvalue weighted by Gasteiger charge is -2.33. The van der Waals surface area contributed by atoms with Gasteiger partial charge in [0.1, 0.15) is 12.0 Å². The molecule has 0 saturated heterocycles. The van der Waals surface area contributed by atoms with Gasteiger partial charge in [-0.05, 0) is 31.9 Å². The molecular weight excluding hydrogens is 254 g/mol. The molecule has 2 aromatic rings. The van der Waals surface area contributed by atoms with E-state index < -0.39 is 5.43 Å². The maximum absolute atomic E-state index is 11.5. The van der Waals surface area contributed by atoms with Gasteiger partial charge in [0.25, 0.3) is 0 Å². The summed E-state index contributed by atoms with van der Waals surface area (Å²) in [7, 11) is 0. The summed E-state index contributed by atoms with van der Waals surface area (Å²) in [6.07, 6.45) is 2.07. The highest BCUT2D eigenvalue weighted by atomic mass is 16.4. The molecule has 4 nitrogen and oxygen atoms in total. The molecule has 0 saturated carbocycles. The van der Waals surface area contributed by atoms with Crippen LogP contribution in [0.15, 0.2) is 45.8 Å². The summed E-state index contributed by atoms with van der Waals surface area (Å²) < 4.78 is 5.32. The van der Waals surface area contributed by atoms with Gasteiger partial charge < -0.3 is 14.4 Å². The van der Waals surface area contributed by atoms with Crippen LogP contribution in [0.25, 0.3) is 0 Å². The number of nitrogens with zero attached hydrogens (tertiary/aromatic N) is 1. The lowest BCUT2D eigenvalue weighted by atomic mass is 9.99. The Balaban J connectivity index is 1.97. The molecule has 0 spiro atoms. The standard InChI is InChI=1S/C16H17NO3/c1-16(2)8-11-5-3-4-6-13(11)17(16)9-12-7-14(18)15(19)10-20-12/h3-7,10,19H,8-9H2,1-2H3. The number of hydrogen-bond donors (Lipinski definition) is 1. The quantitative estimate of drug-likeness (QED) is 0.912. The van der Waals surface area contributed by atoms with Crippen molar-refractivity contribution in [3.05, 3.63) is 58.1 Å². The van der Waals surface area contributed by atoms with Crippen LogP contribution in [-0.2, 0) is 13.0 Å². The minimum atomic E-state index is -0.406. The number of hydrogen-bond acceptors (Lipinski definition) is 4. The van der Waals surface area contributed by atoms with Gasteiger partial charge in [0.2, 0.25) is 5.43 Å². The van der Waals surface area contributed by atoms with E-state index in [-0.39, 0.29) is 11.3 Å². The van der Waals surface area contributed by atoms with Crippen LogP contribution >= 0.6 is 0 Å². The summed E-state index contributed by atoms with van der Waals surface area (Å²) in [5.74, 6) is 0.201. The lowest BCUT2D eigenvalue weighted by molar-refractivity contribution is 0.398.